The Balaban J connectivity index is 1.33. The molecule has 0 spiro atoms. The van der Waals surface area contributed by atoms with Crippen LogP contribution in [0.3, 0.4) is 0 Å². The van der Waals surface area contributed by atoms with E-state index in [1.807, 2.05) is 30.3 Å². The predicted molar refractivity (Wildman–Crippen MR) is 168 cm³/mol. The van der Waals surface area contributed by atoms with Crippen LogP contribution in [-0.2, 0) is 5.41 Å². The third kappa shape index (κ3) is 4.38. The van der Waals surface area contributed by atoms with Crippen LogP contribution in [0.25, 0.3) is 34.2 Å². The molecule has 0 amide bonds. The normalized spacial score (nSPS) is 13.4. The molecule has 0 unspecified atom stereocenters. The first-order valence-corrected chi connectivity index (χ1v) is 14.0. The van der Waals surface area contributed by atoms with E-state index in [4.69, 9.17) is 15.0 Å². The summed E-state index contributed by atoms with van der Waals surface area (Å²) in [5.41, 5.74) is 10.1. The lowest BCUT2D eigenvalue weighted by molar-refractivity contribution is 0.632. The lowest BCUT2D eigenvalue weighted by Crippen LogP contribution is -2.30. The summed E-state index contributed by atoms with van der Waals surface area (Å²) in [6.45, 7) is 6.70. The zero-order valence-corrected chi connectivity index (χ0v) is 23.4. The smallest absolute Gasteiger partial charge is 0.164 e. The van der Waals surface area contributed by atoms with E-state index in [-0.39, 0.29) is 5.41 Å². The van der Waals surface area contributed by atoms with E-state index in [1.54, 1.807) is 0 Å². The van der Waals surface area contributed by atoms with E-state index < -0.39 is 0 Å². The minimum absolute atomic E-state index is 0.0886. The van der Waals surface area contributed by atoms with Crippen LogP contribution < -0.4 is 4.90 Å². The van der Waals surface area contributed by atoms with Gasteiger partial charge in [0.05, 0.1) is 11.4 Å². The zero-order valence-electron chi connectivity index (χ0n) is 23.4. The molecule has 6 aromatic rings. The number of fused-ring (bicyclic) bond motifs is 2. The maximum absolute atomic E-state index is 4.93. The van der Waals surface area contributed by atoms with Crippen molar-refractivity contribution in [1.29, 1.82) is 0 Å². The minimum Gasteiger partial charge on any atom is -0.310 e. The van der Waals surface area contributed by atoms with Gasteiger partial charge in [-0.15, -0.1) is 0 Å². The molecule has 41 heavy (non-hydrogen) atoms. The number of aromatic nitrogens is 3. The molecule has 7 rings (SSSR count). The molecule has 4 heteroatoms. The molecule has 2 heterocycles. The SMILES string of the molecule is Cc1ccc(-c2nc(-c3ccccc3)nc(-c3ccc(N4c5ccccc5C(C)(C)c5ccccc54)cc3)n2)cc1. The fourth-order valence-corrected chi connectivity index (χ4v) is 5.76. The van der Waals surface area contributed by atoms with Crippen LogP contribution in [0, 0.1) is 6.92 Å². The summed E-state index contributed by atoms with van der Waals surface area (Å²) in [4.78, 5) is 17.1. The molecule has 0 N–H and O–H groups in total. The van der Waals surface area contributed by atoms with Crippen molar-refractivity contribution in [3.8, 4) is 34.2 Å². The molecule has 0 aliphatic carbocycles. The second-order valence-corrected chi connectivity index (χ2v) is 11.1. The number of para-hydroxylation sites is 2. The van der Waals surface area contributed by atoms with Gasteiger partial charge in [-0.25, -0.2) is 15.0 Å². The molecule has 5 aromatic carbocycles. The van der Waals surface area contributed by atoms with Gasteiger partial charge in [0.15, 0.2) is 17.5 Å². The van der Waals surface area contributed by atoms with Crippen molar-refractivity contribution in [2.45, 2.75) is 26.2 Å². The highest BCUT2D eigenvalue weighted by molar-refractivity contribution is 5.86. The summed E-state index contributed by atoms with van der Waals surface area (Å²) in [5.74, 6) is 1.98. The predicted octanol–water partition coefficient (Wildman–Crippen LogP) is 9.29. The summed E-state index contributed by atoms with van der Waals surface area (Å²) in [7, 11) is 0. The first-order chi connectivity index (χ1) is 20.0. The van der Waals surface area contributed by atoms with Crippen molar-refractivity contribution in [1.82, 2.24) is 15.0 Å². The first-order valence-electron chi connectivity index (χ1n) is 14.0. The molecule has 0 saturated carbocycles. The topological polar surface area (TPSA) is 41.9 Å². The number of benzene rings is 5. The highest BCUT2D eigenvalue weighted by Crippen LogP contribution is 2.51. The van der Waals surface area contributed by atoms with E-state index in [2.05, 4.69) is 123 Å². The molecular formula is C37H30N4. The molecule has 0 saturated heterocycles. The Kier molecular flexibility index (Phi) is 5.97. The number of anilines is 3. The third-order valence-electron chi connectivity index (χ3n) is 8.00. The second-order valence-electron chi connectivity index (χ2n) is 11.1. The van der Waals surface area contributed by atoms with Gasteiger partial charge in [0.1, 0.15) is 0 Å². The average Bonchev–Trinajstić information content (AvgIpc) is 3.02. The molecule has 1 aliphatic heterocycles. The maximum Gasteiger partial charge on any atom is 0.164 e. The Morgan fingerprint density at radius 2 is 0.878 bits per heavy atom. The van der Waals surface area contributed by atoms with Crippen LogP contribution in [-0.4, -0.2) is 15.0 Å². The summed E-state index contributed by atoms with van der Waals surface area (Å²) in [5, 5.41) is 0. The Morgan fingerprint density at radius 1 is 0.463 bits per heavy atom. The molecule has 1 aromatic heterocycles. The number of rotatable bonds is 4. The second kappa shape index (κ2) is 9.83. The van der Waals surface area contributed by atoms with Gasteiger partial charge in [-0.1, -0.05) is 110 Å². The fourth-order valence-electron chi connectivity index (χ4n) is 5.76. The Labute approximate surface area is 241 Å². The monoisotopic (exact) mass is 530 g/mol. The molecule has 0 bridgehead atoms. The molecule has 198 valence electrons. The van der Waals surface area contributed by atoms with Gasteiger partial charge in [0.2, 0.25) is 0 Å². The number of hydrogen-bond donors (Lipinski definition) is 0. The molecule has 1 aliphatic rings. The Hall–Kier alpha value is -5.09. The van der Waals surface area contributed by atoms with Crippen LogP contribution >= 0.6 is 0 Å². The molecule has 4 nitrogen and oxygen atoms in total. The van der Waals surface area contributed by atoms with E-state index in [0.717, 1.165) is 22.4 Å². The lowest BCUT2D eigenvalue weighted by Gasteiger charge is -2.42. The summed E-state index contributed by atoms with van der Waals surface area (Å²) in [6, 6.07) is 44.4. The van der Waals surface area contributed by atoms with Gasteiger partial charge in [-0.3, -0.25) is 0 Å². The summed E-state index contributed by atoms with van der Waals surface area (Å²) < 4.78 is 0. The number of nitrogens with zero attached hydrogens (tertiary/aromatic N) is 4. The van der Waals surface area contributed by atoms with Crippen LogP contribution in [0.1, 0.15) is 30.5 Å². The highest BCUT2D eigenvalue weighted by atomic mass is 15.2. The zero-order chi connectivity index (χ0) is 28.0. The van der Waals surface area contributed by atoms with Crippen molar-refractivity contribution >= 4 is 17.1 Å². The van der Waals surface area contributed by atoms with Crippen LogP contribution in [0.4, 0.5) is 17.1 Å². The Morgan fingerprint density at radius 3 is 1.39 bits per heavy atom. The minimum atomic E-state index is -0.0886. The molecule has 0 fully saturated rings. The van der Waals surface area contributed by atoms with Crippen LogP contribution in [0.5, 0.6) is 0 Å². The number of aryl methyl sites for hydroxylation is 1. The Bertz CT molecular complexity index is 1810. The quantitative estimate of drug-likeness (QED) is 0.228. The van der Waals surface area contributed by atoms with Gasteiger partial charge < -0.3 is 4.90 Å². The first kappa shape index (κ1) is 24.9. The van der Waals surface area contributed by atoms with E-state index >= 15 is 0 Å². The average molecular weight is 531 g/mol. The fraction of sp³-hybridized carbons (Fsp3) is 0.108. The highest BCUT2D eigenvalue weighted by Gasteiger charge is 2.36. The van der Waals surface area contributed by atoms with Gasteiger partial charge in [-0.05, 0) is 54.4 Å². The van der Waals surface area contributed by atoms with Crippen molar-refractivity contribution in [2.75, 3.05) is 4.90 Å². The largest absolute Gasteiger partial charge is 0.310 e. The van der Waals surface area contributed by atoms with Crippen molar-refractivity contribution < 1.29 is 0 Å². The summed E-state index contributed by atoms with van der Waals surface area (Å²) in [6.07, 6.45) is 0. The van der Waals surface area contributed by atoms with E-state index in [0.29, 0.717) is 17.5 Å². The van der Waals surface area contributed by atoms with E-state index in [9.17, 15) is 0 Å². The molecule has 0 radical (unpaired) electrons. The van der Waals surface area contributed by atoms with Crippen molar-refractivity contribution in [3.05, 3.63) is 144 Å². The van der Waals surface area contributed by atoms with Gasteiger partial charge >= 0.3 is 0 Å². The van der Waals surface area contributed by atoms with Crippen molar-refractivity contribution in [3.63, 3.8) is 0 Å². The standard InChI is InChI=1S/C37H30N4/c1-25-17-19-27(20-18-25)35-38-34(26-11-5-4-6-12-26)39-36(40-35)28-21-23-29(24-22-28)41-32-15-9-7-13-30(32)37(2,3)31-14-8-10-16-33(31)41/h4-24H,1-3H3. The maximum atomic E-state index is 4.93. The lowest BCUT2D eigenvalue weighted by atomic mass is 9.73. The van der Waals surface area contributed by atoms with Crippen LogP contribution in [0.15, 0.2) is 127 Å². The van der Waals surface area contributed by atoms with E-state index in [1.165, 1.54) is 28.1 Å². The number of hydrogen-bond acceptors (Lipinski definition) is 4. The molecular weight excluding hydrogens is 500 g/mol. The summed E-state index contributed by atoms with van der Waals surface area (Å²) >= 11 is 0. The molecule has 0 atom stereocenters. The van der Waals surface area contributed by atoms with Gasteiger partial charge in [0, 0.05) is 27.8 Å². The van der Waals surface area contributed by atoms with Gasteiger partial charge in [-0.2, -0.15) is 0 Å². The van der Waals surface area contributed by atoms with Gasteiger partial charge in [0.25, 0.3) is 0 Å². The third-order valence-corrected chi connectivity index (χ3v) is 8.00. The van der Waals surface area contributed by atoms with Crippen molar-refractivity contribution in [2.24, 2.45) is 0 Å². The van der Waals surface area contributed by atoms with Crippen LogP contribution in [0.2, 0.25) is 0 Å².